The van der Waals surface area contributed by atoms with Crippen molar-refractivity contribution in [2.45, 2.75) is 37.1 Å². The van der Waals surface area contributed by atoms with E-state index in [-0.39, 0.29) is 0 Å². The van der Waals surface area contributed by atoms with E-state index in [2.05, 4.69) is 17.3 Å². The van der Waals surface area contributed by atoms with Gasteiger partial charge in [-0.2, -0.15) is 0 Å². The molecule has 13 heavy (non-hydrogen) atoms. The Morgan fingerprint density at radius 1 is 1.54 bits per heavy atom. The van der Waals surface area contributed by atoms with Crippen molar-refractivity contribution in [3.63, 3.8) is 0 Å². The lowest BCUT2D eigenvalue weighted by Crippen LogP contribution is -2.24. The van der Waals surface area contributed by atoms with Gasteiger partial charge in [0.25, 0.3) is 0 Å². The Morgan fingerprint density at radius 2 is 2.31 bits per heavy atom. The second-order valence-corrected chi connectivity index (χ2v) is 5.03. The summed E-state index contributed by atoms with van der Waals surface area (Å²) in [6, 6.07) is 0. The number of thiazole rings is 1. The minimum absolute atomic E-state index is 0.332. The third kappa shape index (κ3) is 1.14. The lowest BCUT2D eigenvalue weighted by atomic mass is 10.1. The third-order valence-electron chi connectivity index (χ3n) is 3.22. The van der Waals surface area contributed by atoms with Crippen molar-refractivity contribution in [1.82, 2.24) is 10.3 Å². The zero-order valence-corrected chi connectivity index (χ0v) is 8.66. The average Bonchev–Trinajstić information content (AvgIpc) is 3.07. The third-order valence-corrected chi connectivity index (χ3v) is 4.27. The summed E-state index contributed by atoms with van der Waals surface area (Å²) in [5.41, 5.74) is 3.75. The highest BCUT2D eigenvalue weighted by atomic mass is 32.1. The fraction of sp³-hybridized carbons (Fsp3) is 0.700. The molecule has 0 unspecified atom stereocenters. The van der Waals surface area contributed by atoms with E-state index in [9.17, 15) is 0 Å². The fourth-order valence-corrected chi connectivity index (χ4v) is 3.12. The van der Waals surface area contributed by atoms with Crippen molar-refractivity contribution >= 4 is 11.3 Å². The molecule has 2 aliphatic rings. The van der Waals surface area contributed by atoms with Crippen molar-refractivity contribution in [3.05, 3.63) is 16.1 Å². The van der Waals surface area contributed by atoms with Gasteiger partial charge in [0.15, 0.2) is 0 Å². The van der Waals surface area contributed by atoms with Crippen LogP contribution in [0.1, 0.15) is 42.2 Å². The minimum atomic E-state index is 0.332. The summed E-state index contributed by atoms with van der Waals surface area (Å²) in [5.74, 6) is 0.798. The van der Waals surface area contributed by atoms with Crippen LogP contribution in [0.15, 0.2) is 5.51 Å². The maximum Gasteiger partial charge on any atom is 0.0798 e. The summed E-state index contributed by atoms with van der Waals surface area (Å²) in [6.07, 6.45) is 5.31. The van der Waals surface area contributed by atoms with Crippen LogP contribution in [0.2, 0.25) is 0 Å². The fourth-order valence-electron chi connectivity index (χ4n) is 1.98. The van der Waals surface area contributed by atoms with Gasteiger partial charge in [-0.3, -0.25) is 0 Å². The number of rotatable bonds is 3. The monoisotopic (exact) mass is 194 g/mol. The van der Waals surface area contributed by atoms with Crippen LogP contribution < -0.4 is 5.32 Å². The molecule has 0 amide bonds. The number of aromatic nitrogens is 1. The van der Waals surface area contributed by atoms with Crippen molar-refractivity contribution in [1.29, 1.82) is 0 Å². The molecule has 3 rings (SSSR count). The predicted molar refractivity (Wildman–Crippen MR) is 54.1 cm³/mol. The zero-order chi connectivity index (χ0) is 8.89. The SMILES string of the molecule is CNC1(c2scnc2C2CC2)CC1. The Labute approximate surface area is 82.4 Å². The Morgan fingerprint density at radius 3 is 2.85 bits per heavy atom. The molecule has 1 aromatic rings. The molecule has 1 heterocycles. The van der Waals surface area contributed by atoms with Crippen LogP contribution in [0.3, 0.4) is 0 Å². The highest BCUT2D eigenvalue weighted by Gasteiger charge is 2.47. The van der Waals surface area contributed by atoms with E-state index < -0.39 is 0 Å². The van der Waals surface area contributed by atoms with Crippen molar-refractivity contribution < 1.29 is 0 Å². The summed E-state index contributed by atoms with van der Waals surface area (Å²) in [7, 11) is 2.07. The van der Waals surface area contributed by atoms with Gasteiger partial charge in [-0.05, 0) is 32.7 Å². The highest BCUT2D eigenvalue weighted by molar-refractivity contribution is 7.10. The van der Waals surface area contributed by atoms with Gasteiger partial charge >= 0.3 is 0 Å². The van der Waals surface area contributed by atoms with E-state index in [0.717, 1.165) is 5.92 Å². The van der Waals surface area contributed by atoms with Gasteiger partial charge in [0.05, 0.1) is 16.7 Å². The minimum Gasteiger partial charge on any atom is -0.310 e. The summed E-state index contributed by atoms with van der Waals surface area (Å²) in [5, 5.41) is 3.45. The summed E-state index contributed by atoms with van der Waals surface area (Å²) >= 11 is 1.84. The summed E-state index contributed by atoms with van der Waals surface area (Å²) in [4.78, 5) is 6.04. The van der Waals surface area contributed by atoms with Crippen LogP contribution in [0.4, 0.5) is 0 Å². The molecular weight excluding hydrogens is 180 g/mol. The molecular formula is C10H14N2S. The molecule has 2 fully saturated rings. The van der Waals surface area contributed by atoms with Crippen molar-refractivity contribution in [2.24, 2.45) is 0 Å². The van der Waals surface area contributed by atoms with Gasteiger partial charge in [-0.25, -0.2) is 4.98 Å². The van der Waals surface area contributed by atoms with Gasteiger partial charge in [0.2, 0.25) is 0 Å². The second-order valence-electron chi connectivity index (χ2n) is 4.17. The molecule has 0 saturated heterocycles. The number of nitrogens with zero attached hydrogens (tertiary/aromatic N) is 1. The van der Waals surface area contributed by atoms with Gasteiger partial charge in [-0.15, -0.1) is 11.3 Å². The lowest BCUT2D eigenvalue weighted by molar-refractivity contribution is 0.589. The Bertz CT molecular complexity index is 323. The van der Waals surface area contributed by atoms with Crippen molar-refractivity contribution in [2.75, 3.05) is 7.05 Å². The molecule has 3 heteroatoms. The van der Waals surface area contributed by atoms with Crippen molar-refractivity contribution in [3.8, 4) is 0 Å². The number of hydrogen-bond donors (Lipinski definition) is 1. The van der Waals surface area contributed by atoms with E-state index in [1.807, 2.05) is 16.8 Å². The number of hydrogen-bond acceptors (Lipinski definition) is 3. The molecule has 2 saturated carbocycles. The molecule has 2 nitrogen and oxygen atoms in total. The largest absolute Gasteiger partial charge is 0.310 e. The molecule has 1 aromatic heterocycles. The standard InChI is InChI=1S/C10H14N2S/c1-11-10(4-5-10)9-8(7-2-3-7)12-6-13-9/h6-7,11H,2-5H2,1H3. The van der Waals surface area contributed by atoms with Crippen LogP contribution in [-0.2, 0) is 5.54 Å². The molecule has 0 aromatic carbocycles. The topological polar surface area (TPSA) is 24.9 Å². The smallest absolute Gasteiger partial charge is 0.0798 e. The van der Waals surface area contributed by atoms with Crippen LogP contribution in [0.25, 0.3) is 0 Å². The first-order valence-corrected chi connectivity index (χ1v) is 5.86. The number of nitrogens with one attached hydrogen (secondary N) is 1. The van der Waals surface area contributed by atoms with Gasteiger partial charge in [0, 0.05) is 10.8 Å². The zero-order valence-electron chi connectivity index (χ0n) is 7.84. The molecule has 1 N–H and O–H groups in total. The van der Waals surface area contributed by atoms with E-state index in [1.165, 1.54) is 36.3 Å². The first-order chi connectivity index (χ1) is 6.36. The Kier molecular flexibility index (Phi) is 1.56. The second kappa shape index (κ2) is 2.55. The molecule has 0 aliphatic heterocycles. The quantitative estimate of drug-likeness (QED) is 0.798. The van der Waals surface area contributed by atoms with Crippen LogP contribution in [0, 0.1) is 0 Å². The lowest BCUT2D eigenvalue weighted by Gasteiger charge is -2.13. The molecule has 0 spiro atoms. The van der Waals surface area contributed by atoms with Gasteiger partial charge in [0.1, 0.15) is 0 Å². The van der Waals surface area contributed by atoms with E-state index in [0.29, 0.717) is 5.54 Å². The average molecular weight is 194 g/mol. The van der Waals surface area contributed by atoms with E-state index in [1.54, 1.807) is 0 Å². The first-order valence-electron chi connectivity index (χ1n) is 4.98. The Balaban J connectivity index is 1.98. The normalized spacial score (nSPS) is 24.7. The molecule has 0 radical (unpaired) electrons. The summed E-state index contributed by atoms with van der Waals surface area (Å²) in [6.45, 7) is 0. The van der Waals surface area contributed by atoms with Gasteiger partial charge in [-0.1, -0.05) is 0 Å². The molecule has 0 bridgehead atoms. The molecule has 70 valence electrons. The predicted octanol–water partition coefficient (Wildman–Crippen LogP) is 2.23. The highest BCUT2D eigenvalue weighted by Crippen LogP contribution is 2.52. The van der Waals surface area contributed by atoms with Gasteiger partial charge < -0.3 is 5.32 Å². The maximum absolute atomic E-state index is 4.51. The maximum atomic E-state index is 4.51. The van der Waals surface area contributed by atoms with E-state index >= 15 is 0 Å². The van der Waals surface area contributed by atoms with Crippen LogP contribution in [-0.4, -0.2) is 12.0 Å². The van der Waals surface area contributed by atoms with Crippen LogP contribution in [0.5, 0.6) is 0 Å². The Hall–Kier alpha value is -0.410. The first kappa shape index (κ1) is 7.94. The molecule has 2 aliphatic carbocycles. The summed E-state index contributed by atoms with van der Waals surface area (Å²) < 4.78 is 0. The van der Waals surface area contributed by atoms with Crippen LogP contribution >= 0.6 is 11.3 Å². The molecule has 0 atom stereocenters. The van der Waals surface area contributed by atoms with E-state index in [4.69, 9.17) is 0 Å².